The summed E-state index contributed by atoms with van der Waals surface area (Å²) in [6.07, 6.45) is 20.5. The van der Waals surface area contributed by atoms with Gasteiger partial charge in [0, 0.05) is 0 Å². The molecule has 0 spiro atoms. The first-order chi connectivity index (χ1) is 9.38. The molecule has 0 aromatic carbocycles. The Morgan fingerprint density at radius 3 is 2.05 bits per heavy atom. The van der Waals surface area contributed by atoms with Gasteiger partial charge in [-0.15, -0.1) is 0 Å². The molecule has 0 amide bonds. The van der Waals surface area contributed by atoms with E-state index in [0.717, 1.165) is 12.0 Å². The predicted octanol–water partition coefficient (Wildman–Crippen LogP) is 5.55. The highest BCUT2D eigenvalue weighted by molar-refractivity contribution is 5.68. The number of hydrogen-bond acceptors (Lipinski definition) is 1. The Kier molecular flexibility index (Phi) is 9.10. The largest absolute Gasteiger partial charge is 0.233 e. The lowest BCUT2D eigenvalue weighted by molar-refractivity contribution is 0.556. The summed E-state index contributed by atoms with van der Waals surface area (Å²) in [5, 5.41) is 0. The van der Waals surface area contributed by atoms with Gasteiger partial charge in [0.25, 0.3) is 0 Å². The van der Waals surface area contributed by atoms with Crippen molar-refractivity contribution in [2.75, 3.05) is 0 Å². The Morgan fingerprint density at radius 2 is 1.47 bits per heavy atom. The van der Waals surface area contributed by atoms with E-state index >= 15 is 0 Å². The second-order valence-corrected chi connectivity index (χ2v) is 5.50. The van der Waals surface area contributed by atoms with Crippen LogP contribution in [-0.4, -0.2) is 5.94 Å². The quantitative estimate of drug-likeness (QED) is 0.351. The summed E-state index contributed by atoms with van der Waals surface area (Å²) in [5.74, 6) is 2.01. The van der Waals surface area contributed by atoms with E-state index in [1.165, 1.54) is 69.8 Å². The molecule has 0 aliphatic heterocycles. The lowest BCUT2D eigenvalue weighted by atomic mass is 10.0. The molecule has 0 fully saturated rings. The zero-order chi connectivity index (χ0) is 13.8. The minimum absolute atomic E-state index is 0.760. The first-order valence-corrected chi connectivity index (χ1v) is 8.01. The molecule has 0 aromatic heterocycles. The summed E-state index contributed by atoms with van der Waals surface area (Å²) < 4.78 is 0. The van der Waals surface area contributed by atoms with Gasteiger partial charge in [-0.05, 0) is 24.5 Å². The van der Waals surface area contributed by atoms with Gasteiger partial charge in [-0.3, -0.25) is 0 Å². The van der Waals surface area contributed by atoms with Crippen LogP contribution in [0.15, 0.2) is 29.4 Å². The van der Waals surface area contributed by atoms with Crippen LogP contribution in [0.3, 0.4) is 0 Å². The van der Waals surface area contributed by atoms with Crippen molar-refractivity contribution >= 4 is 5.94 Å². The fourth-order valence-corrected chi connectivity index (χ4v) is 2.58. The van der Waals surface area contributed by atoms with Crippen molar-refractivity contribution in [2.45, 2.75) is 77.6 Å². The molecule has 1 nitrogen and oxygen atoms in total. The van der Waals surface area contributed by atoms with Crippen molar-refractivity contribution in [1.29, 1.82) is 0 Å². The Balaban J connectivity index is 1.88. The smallest absolute Gasteiger partial charge is 0.132 e. The summed E-state index contributed by atoms with van der Waals surface area (Å²) in [7, 11) is 0. The Hall–Kier alpha value is -1.07. The second-order valence-electron chi connectivity index (χ2n) is 5.50. The minimum Gasteiger partial charge on any atom is -0.233 e. The molecule has 0 saturated heterocycles. The maximum Gasteiger partial charge on any atom is 0.132 e. The van der Waals surface area contributed by atoms with Crippen molar-refractivity contribution in [2.24, 2.45) is 0 Å². The van der Waals surface area contributed by atoms with Gasteiger partial charge in [-0.25, -0.2) is 4.79 Å². The number of rotatable bonds is 11. The number of unbranched alkanes of at least 4 members (excludes halogenated alkanes) is 9. The molecule has 0 aromatic rings. The van der Waals surface area contributed by atoms with E-state index in [2.05, 4.69) is 6.92 Å². The zero-order valence-electron chi connectivity index (χ0n) is 12.4. The number of allylic oxidation sites excluding steroid dienone is 5. The first-order valence-electron chi connectivity index (χ1n) is 8.01. The van der Waals surface area contributed by atoms with Gasteiger partial charge in [-0.1, -0.05) is 76.9 Å². The predicted molar refractivity (Wildman–Crippen MR) is 82.9 cm³/mol. The van der Waals surface area contributed by atoms with Crippen LogP contribution >= 0.6 is 0 Å². The van der Waals surface area contributed by atoms with Gasteiger partial charge in [0.15, 0.2) is 0 Å². The molecule has 1 aliphatic carbocycles. The van der Waals surface area contributed by atoms with Crippen molar-refractivity contribution < 1.29 is 4.79 Å². The molecule has 1 aliphatic rings. The van der Waals surface area contributed by atoms with Gasteiger partial charge in [-0.2, -0.15) is 0 Å². The van der Waals surface area contributed by atoms with E-state index in [-0.39, 0.29) is 0 Å². The van der Waals surface area contributed by atoms with E-state index in [1.807, 2.05) is 24.2 Å². The molecule has 0 atom stereocenters. The van der Waals surface area contributed by atoms with Crippen LogP contribution in [-0.2, 0) is 4.79 Å². The molecule has 19 heavy (non-hydrogen) atoms. The Labute approximate surface area is 118 Å². The topological polar surface area (TPSA) is 17.1 Å². The zero-order valence-corrected chi connectivity index (χ0v) is 12.4. The molecule has 0 bridgehead atoms. The lowest BCUT2D eigenvalue weighted by Crippen LogP contribution is -1.86. The summed E-state index contributed by atoms with van der Waals surface area (Å²) in [4.78, 5) is 10.6. The van der Waals surface area contributed by atoms with Crippen molar-refractivity contribution in [1.82, 2.24) is 0 Å². The molecule has 0 heterocycles. The third-order valence-electron chi connectivity index (χ3n) is 3.82. The SMILES string of the molecule is CCCCCCCCCCCCC1=CC=CC1=C=O. The normalized spacial score (nSPS) is 13.7. The van der Waals surface area contributed by atoms with Gasteiger partial charge in [0.05, 0.1) is 5.57 Å². The van der Waals surface area contributed by atoms with E-state index in [1.54, 1.807) is 0 Å². The molecule has 106 valence electrons. The second kappa shape index (κ2) is 10.8. The van der Waals surface area contributed by atoms with Crippen LogP contribution in [0, 0.1) is 0 Å². The van der Waals surface area contributed by atoms with E-state index in [0.29, 0.717) is 0 Å². The van der Waals surface area contributed by atoms with E-state index in [4.69, 9.17) is 0 Å². The Bertz CT molecular complexity index is 343. The molecular formula is C18H28O. The fraction of sp³-hybridized carbons (Fsp3) is 0.667. The summed E-state index contributed by atoms with van der Waals surface area (Å²) in [6.45, 7) is 2.26. The number of hydrogen-bond donors (Lipinski definition) is 0. The van der Waals surface area contributed by atoms with Crippen LogP contribution in [0.1, 0.15) is 77.6 Å². The van der Waals surface area contributed by atoms with Crippen LogP contribution < -0.4 is 0 Å². The lowest BCUT2D eigenvalue weighted by Gasteiger charge is -2.03. The minimum atomic E-state index is 0.760. The molecular weight excluding hydrogens is 232 g/mol. The summed E-state index contributed by atoms with van der Waals surface area (Å²) >= 11 is 0. The van der Waals surface area contributed by atoms with Crippen LogP contribution in [0.2, 0.25) is 0 Å². The standard InChI is InChI=1S/C18H28O/c1-2-3-4-5-6-7-8-9-10-11-13-17-14-12-15-18(17)16-19/h12,14-15H,2-11,13H2,1H3. The summed E-state index contributed by atoms with van der Waals surface area (Å²) in [5.41, 5.74) is 1.94. The molecule has 0 unspecified atom stereocenters. The number of carbonyl (C=O) groups excluding carboxylic acids is 1. The monoisotopic (exact) mass is 260 g/mol. The molecule has 1 heteroatoms. The molecule has 0 saturated carbocycles. The maximum absolute atomic E-state index is 10.6. The van der Waals surface area contributed by atoms with Crippen LogP contribution in [0.5, 0.6) is 0 Å². The van der Waals surface area contributed by atoms with E-state index < -0.39 is 0 Å². The highest BCUT2D eigenvalue weighted by Gasteiger charge is 2.06. The third kappa shape index (κ3) is 7.18. The van der Waals surface area contributed by atoms with Gasteiger partial charge < -0.3 is 0 Å². The van der Waals surface area contributed by atoms with Crippen molar-refractivity contribution in [3.05, 3.63) is 29.4 Å². The highest BCUT2D eigenvalue weighted by atomic mass is 16.1. The van der Waals surface area contributed by atoms with Crippen LogP contribution in [0.25, 0.3) is 0 Å². The molecule has 1 rings (SSSR count). The summed E-state index contributed by atoms with van der Waals surface area (Å²) in [6, 6.07) is 0. The maximum atomic E-state index is 10.6. The Morgan fingerprint density at radius 1 is 0.895 bits per heavy atom. The average molecular weight is 260 g/mol. The van der Waals surface area contributed by atoms with Crippen molar-refractivity contribution in [3.63, 3.8) is 0 Å². The molecule has 0 N–H and O–H groups in total. The average Bonchev–Trinajstić information content (AvgIpc) is 2.88. The third-order valence-corrected chi connectivity index (χ3v) is 3.82. The van der Waals surface area contributed by atoms with E-state index in [9.17, 15) is 4.79 Å². The van der Waals surface area contributed by atoms with Crippen molar-refractivity contribution in [3.8, 4) is 0 Å². The highest BCUT2D eigenvalue weighted by Crippen LogP contribution is 2.22. The van der Waals surface area contributed by atoms with Gasteiger partial charge >= 0.3 is 0 Å². The van der Waals surface area contributed by atoms with Gasteiger partial charge in [0.1, 0.15) is 5.94 Å². The fourth-order valence-electron chi connectivity index (χ4n) is 2.58. The first kappa shape index (κ1) is 16.0. The van der Waals surface area contributed by atoms with Gasteiger partial charge in [0.2, 0.25) is 0 Å². The molecule has 0 radical (unpaired) electrons. The van der Waals surface area contributed by atoms with Crippen LogP contribution in [0.4, 0.5) is 0 Å².